The van der Waals surface area contributed by atoms with Gasteiger partial charge in [0.25, 0.3) is 5.91 Å². The first-order chi connectivity index (χ1) is 8.56. The number of amides is 3. The van der Waals surface area contributed by atoms with Gasteiger partial charge in [0.1, 0.15) is 11.4 Å². The molecule has 18 heavy (non-hydrogen) atoms. The van der Waals surface area contributed by atoms with Crippen molar-refractivity contribution in [2.24, 2.45) is 0 Å². The molecule has 6 heteroatoms. The Morgan fingerprint density at radius 1 is 1.44 bits per heavy atom. The fourth-order valence-corrected chi connectivity index (χ4v) is 1.62. The zero-order chi connectivity index (χ0) is 13.1. The summed E-state index contributed by atoms with van der Waals surface area (Å²) in [6.07, 6.45) is 0. The molecule has 0 fully saturated rings. The number of fused-ring (bicyclic) bond motifs is 1. The van der Waals surface area contributed by atoms with E-state index < -0.39 is 0 Å². The van der Waals surface area contributed by atoms with Crippen LogP contribution in [0.25, 0.3) is 0 Å². The molecular weight excluding hydrogens is 234 g/mol. The molecule has 1 aromatic rings. The summed E-state index contributed by atoms with van der Waals surface area (Å²) in [7, 11) is 0. The molecule has 1 aromatic carbocycles. The maximum atomic E-state index is 11.6. The van der Waals surface area contributed by atoms with Crippen molar-refractivity contribution < 1.29 is 14.3 Å². The topological polar surface area (TPSA) is 79.5 Å². The number of urea groups is 1. The number of carbonyl (C=O) groups is 2. The molecule has 0 spiro atoms. The number of carbonyl (C=O) groups excluding carboxylic acids is 2. The lowest BCUT2D eigenvalue weighted by atomic mass is 10.2. The van der Waals surface area contributed by atoms with Crippen LogP contribution in [0.1, 0.15) is 13.8 Å². The Kier molecular flexibility index (Phi) is 3.36. The van der Waals surface area contributed by atoms with Gasteiger partial charge in [-0.25, -0.2) is 4.79 Å². The average Bonchev–Trinajstić information content (AvgIpc) is 2.28. The summed E-state index contributed by atoms with van der Waals surface area (Å²) < 4.78 is 5.26. The van der Waals surface area contributed by atoms with Crippen LogP contribution in [0, 0.1) is 0 Å². The van der Waals surface area contributed by atoms with E-state index in [0.717, 1.165) is 0 Å². The van der Waals surface area contributed by atoms with E-state index in [9.17, 15) is 9.59 Å². The van der Waals surface area contributed by atoms with Crippen LogP contribution in [0.4, 0.5) is 16.2 Å². The van der Waals surface area contributed by atoms with Gasteiger partial charge in [0.05, 0.1) is 5.69 Å². The van der Waals surface area contributed by atoms with Crippen molar-refractivity contribution in [3.63, 3.8) is 0 Å². The standard InChI is InChI=1S/C12H15N3O3/c1-7(2)13-12(17)14-8-4-3-5-9-11(8)15-10(16)6-18-9/h3-5,7H,6H2,1-2H3,(H,15,16)(H2,13,14,17). The quantitative estimate of drug-likeness (QED) is 0.744. The van der Waals surface area contributed by atoms with Gasteiger partial charge in [-0.1, -0.05) is 6.07 Å². The molecule has 0 saturated heterocycles. The van der Waals surface area contributed by atoms with Crippen molar-refractivity contribution in [1.82, 2.24) is 5.32 Å². The van der Waals surface area contributed by atoms with E-state index >= 15 is 0 Å². The molecule has 0 unspecified atom stereocenters. The number of anilines is 2. The van der Waals surface area contributed by atoms with Crippen LogP contribution in [-0.2, 0) is 4.79 Å². The van der Waals surface area contributed by atoms with Crippen LogP contribution < -0.4 is 20.7 Å². The monoisotopic (exact) mass is 249 g/mol. The molecule has 0 bridgehead atoms. The highest BCUT2D eigenvalue weighted by Gasteiger charge is 2.19. The highest BCUT2D eigenvalue weighted by Crippen LogP contribution is 2.34. The number of nitrogens with one attached hydrogen (secondary N) is 3. The largest absolute Gasteiger partial charge is 0.481 e. The molecule has 2 rings (SSSR count). The maximum absolute atomic E-state index is 11.6. The number of benzene rings is 1. The molecule has 0 aromatic heterocycles. The van der Waals surface area contributed by atoms with Crippen LogP contribution >= 0.6 is 0 Å². The van der Waals surface area contributed by atoms with E-state index in [4.69, 9.17) is 4.74 Å². The lowest BCUT2D eigenvalue weighted by molar-refractivity contribution is -0.118. The minimum Gasteiger partial charge on any atom is -0.481 e. The van der Waals surface area contributed by atoms with Crippen molar-refractivity contribution in [3.8, 4) is 5.75 Å². The zero-order valence-corrected chi connectivity index (χ0v) is 10.2. The molecule has 96 valence electrons. The van der Waals surface area contributed by atoms with E-state index in [0.29, 0.717) is 17.1 Å². The van der Waals surface area contributed by atoms with Crippen LogP contribution in [0.2, 0.25) is 0 Å². The Balaban J connectivity index is 2.18. The molecule has 3 amide bonds. The van der Waals surface area contributed by atoms with Crippen molar-refractivity contribution in [2.75, 3.05) is 17.2 Å². The molecule has 1 aliphatic heterocycles. The Morgan fingerprint density at radius 3 is 2.94 bits per heavy atom. The molecular formula is C12H15N3O3. The highest BCUT2D eigenvalue weighted by molar-refractivity contribution is 6.02. The van der Waals surface area contributed by atoms with E-state index in [-0.39, 0.29) is 24.6 Å². The summed E-state index contributed by atoms with van der Waals surface area (Å²) in [5, 5.41) is 8.06. The van der Waals surface area contributed by atoms with Crippen LogP contribution in [0.15, 0.2) is 18.2 Å². The first-order valence-corrected chi connectivity index (χ1v) is 5.69. The molecule has 0 saturated carbocycles. The first-order valence-electron chi connectivity index (χ1n) is 5.69. The lowest BCUT2D eigenvalue weighted by Crippen LogP contribution is -2.35. The van der Waals surface area contributed by atoms with E-state index in [1.807, 2.05) is 13.8 Å². The van der Waals surface area contributed by atoms with Gasteiger partial charge >= 0.3 is 6.03 Å². The minimum atomic E-state index is -0.321. The minimum absolute atomic E-state index is 0.00531. The lowest BCUT2D eigenvalue weighted by Gasteiger charge is -2.21. The van der Waals surface area contributed by atoms with Crippen LogP contribution in [0.3, 0.4) is 0 Å². The fourth-order valence-electron chi connectivity index (χ4n) is 1.62. The van der Waals surface area contributed by atoms with E-state index in [1.54, 1.807) is 18.2 Å². The summed E-state index contributed by atoms with van der Waals surface area (Å²) in [4.78, 5) is 22.9. The van der Waals surface area contributed by atoms with Crippen molar-refractivity contribution in [1.29, 1.82) is 0 Å². The predicted molar refractivity (Wildman–Crippen MR) is 67.9 cm³/mol. The summed E-state index contributed by atoms with van der Waals surface area (Å²) in [6, 6.07) is 4.91. The number of ether oxygens (including phenoxy) is 1. The summed E-state index contributed by atoms with van der Waals surface area (Å²) in [5.74, 6) is 0.318. The molecule has 1 aliphatic rings. The second-order valence-electron chi connectivity index (χ2n) is 4.27. The molecule has 1 heterocycles. The van der Waals surface area contributed by atoms with Gasteiger partial charge in [-0.15, -0.1) is 0 Å². The van der Waals surface area contributed by atoms with Gasteiger partial charge in [-0.2, -0.15) is 0 Å². The maximum Gasteiger partial charge on any atom is 0.319 e. The number of hydrogen-bond donors (Lipinski definition) is 3. The second-order valence-corrected chi connectivity index (χ2v) is 4.27. The van der Waals surface area contributed by atoms with Gasteiger partial charge in [0, 0.05) is 6.04 Å². The summed E-state index contributed by atoms with van der Waals surface area (Å²) in [5.41, 5.74) is 1.01. The Labute approximate surface area is 105 Å². The van der Waals surface area contributed by atoms with Gasteiger partial charge in [0.15, 0.2) is 6.61 Å². The second kappa shape index (κ2) is 4.95. The van der Waals surface area contributed by atoms with Crippen LogP contribution in [-0.4, -0.2) is 24.6 Å². The number of para-hydroxylation sites is 1. The van der Waals surface area contributed by atoms with Crippen molar-refractivity contribution in [3.05, 3.63) is 18.2 Å². The molecule has 0 atom stereocenters. The third-order valence-corrected chi connectivity index (χ3v) is 2.32. The third-order valence-electron chi connectivity index (χ3n) is 2.32. The van der Waals surface area contributed by atoms with Gasteiger partial charge < -0.3 is 20.7 Å². The predicted octanol–water partition coefficient (Wildman–Crippen LogP) is 1.55. The fraction of sp³-hybridized carbons (Fsp3) is 0.333. The van der Waals surface area contributed by atoms with Gasteiger partial charge in [-0.3, -0.25) is 4.79 Å². The Morgan fingerprint density at radius 2 is 2.22 bits per heavy atom. The third kappa shape index (κ3) is 2.71. The van der Waals surface area contributed by atoms with E-state index in [2.05, 4.69) is 16.0 Å². The summed E-state index contributed by atoms with van der Waals surface area (Å²) in [6.45, 7) is 3.73. The first kappa shape index (κ1) is 12.2. The van der Waals surface area contributed by atoms with Crippen molar-refractivity contribution >= 4 is 23.3 Å². The average molecular weight is 249 g/mol. The SMILES string of the molecule is CC(C)NC(=O)Nc1cccc2c1NC(=O)CO2. The summed E-state index contributed by atoms with van der Waals surface area (Å²) >= 11 is 0. The molecule has 3 N–H and O–H groups in total. The van der Waals surface area contributed by atoms with Gasteiger partial charge in [0.2, 0.25) is 0 Å². The highest BCUT2D eigenvalue weighted by atomic mass is 16.5. The van der Waals surface area contributed by atoms with Gasteiger partial charge in [-0.05, 0) is 26.0 Å². The number of rotatable bonds is 2. The zero-order valence-electron chi connectivity index (χ0n) is 10.2. The molecule has 6 nitrogen and oxygen atoms in total. The van der Waals surface area contributed by atoms with Crippen molar-refractivity contribution in [2.45, 2.75) is 19.9 Å². The normalized spacial score (nSPS) is 13.4. The van der Waals surface area contributed by atoms with Crippen LogP contribution in [0.5, 0.6) is 5.75 Å². The van der Waals surface area contributed by atoms with E-state index in [1.165, 1.54) is 0 Å². The Hall–Kier alpha value is -2.24. The molecule has 0 aliphatic carbocycles. The smallest absolute Gasteiger partial charge is 0.319 e. The Bertz CT molecular complexity index is 485. The molecule has 0 radical (unpaired) electrons. The number of hydrogen-bond acceptors (Lipinski definition) is 3.